The number of carbonyl (C=O) groups is 1. The van der Waals surface area contributed by atoms with Gasteiger partial charge in [-0.1, -0.05) is 35.3 Å². The summed E-state index contributed by atoms with van der Waals surface area (Å²) < 4.78 is 0. The van der Waals surface area contributed by atoms with Gasteiger partial charge in [0.25, 0.3) is 0 Å². The Morgan fingerprint density at radius 2 is 2.05 bits per heavy atom. The second-order valence-corrected chi connectivity index (χ2v) is 6.51. The van der Waals surface area contributed by atoms with Gasteiger partial charge >= 0.3 is 0 Å². The van der Waals surface area contributed by atoms with E-state index in [1.807, 2.05) is 12.1 Å². The first-order chi connectivity index (χ1) is 9.12. The van der Waals surface area contributed by atoms with Gasteiger partial charge in [0, 0.05) is 12.3 Å². The average molecular weight is 298 g/mol. The number of Topliss-reactive ketones (excluding diaryl/α,β-unsaturated/α-hetero) is 1. The standard InChI is InChI=1S/C15H17Cl2NO/c16-12-3-1-2-10(14(12)17)8-13(19)11-9-15(11)4-6-18-7-5-15/h1-3,11,18H,4-9H2. The number of nitrogens with one attached hydrogen (secondary N) is 1. The zero-order valence-electron chi connectivity index (χ0n) is 10.7. The van der Waals surface area contributed by atoms with E-state index >= 15 is 0 Å². The molecule has 1 spiro atoms. The first-order valence-corrected chi connectivity index (χ1v) is 7.54. The number of hydrogen-bond donors (Lipinski definition) is 1. The highest BCUT2D eigenvalue weighted by Crippen LogP contribution is 2.59. The number of ketones is 1. The average Bonchev–Trinajstić information content (AvgIpc) is 3.09. The molecule has 2 aliphatic rings. The van der Waals surface area contributed by atoms with Gasteiger partial charge in [0.2, 0.25) is 0 Å². The molecule has 1 unspecified atom stereocenters. The molecule has 0 aromatic heterocycles. The van der Waals surface area contributed by atoms with Crippen LogP contribution in [-0.4, -0.2) is 18.9 Å². The van der Waals surface area contributed by atoms with Crippen molar-refractivity contribution in [2.45, 2.75) is 25.7 Å². The van der Waals surface area contributed by atoms with Crippen molar-refractivity contribution >= 4 is 29.0 Å². The van der Waals surface area contributed by atoms with Crippen molar-refractivity contribution < 1.29 is 4.79 Å². The smallest absolute Gasteiger partial charge is 0.140 e. The quantitative estimate of drug-likeness (QED) is 0.925. The van der Waals surface area contributed by atoms with Gasteiger partial charge in [-0.25, -0.2) is 0 Å². The molecule has 2 fully saturated rings. The van der Waals surface area contributed by atoms with E-state index in [1.54, 1.807) is 6.07 Å². The van der Waals surface area contributed by atoms with Crippen molar-refractivity contribution in [2.24, 2.45) is 11.3 Å². The van der Waals surface area contributed by atoms with E-state index in [4.69, 9.17) is 23.2 Å². The Kier molecular flexibility index (Phi) is 3.59. The molecule has 1 aliphatic heterocycles. The summed E-state index contributed by atoms with van der Waals surface area (Å²) in [6.45, 7) is 2.09. The Morgan fingerprint density at radius 1 is 1.32 bits per heavy atom. The zero-order valence-corrected chi connectivity index (χ0v) is 12.2. The maximum absolute atomic E-state index is 12.4. The normalized spacial score (nSPS) is 24.4. The van der Waals surface area contributed by atoms with Crippen LogP contribution in [0.2, 0.25) is 10.0 Å². The van der Waals surface area contributed by atoms with E-state index in [1.165, 1.54) is 0 Å². The van der Waals surface area contributed by atoms with Crippen molar-refractivity contribution in [3.05, 3.63) is 33.8 Å². The largest absolute Gasteiger partial charge is 0.317 e. The molecule has 0 amide bonds. The molecule has 102 valence electrons. The van der Waals surface area contributed by atoms with E-state index < -0.39 is 0 Å². The second kappa shape index (κ2) is 5.08. The molecule has 19 heavy (non-hydrogen) atoms. The van der Waals surface area contributed by atoms with E-state index in [9.17, 15) is 4.79 Å². The van der Waals surface area contributed by atoms with E-state index in [2.05, 4.69) is 5.32 Å². The van der Waals surface area contributed by atoms with Crippen LogP contribution in [0, 0.1) is 11.3 Å². The molecular formula is C15H17Cl2NO. The van der Waals surface area contributed by atoms with Crippen molar-refractivity contribution in [3.8, 4) is 0 Å². The van der Waals surface area contributed by atoms with Crippen LogP contribution in [-0.2, 0) is 11.2 Å². The lowest BCUT2D eigenvalue weighted by atomic mass is 9.89. The third kappa shape index (κ3) is 2.54. The van der Waals surface area contributed by atoms with Crippen LogP contribution in [0.5, 0.6) is 0 Å². The van der Waals surface area contributed by atoms with Gasteiger partial charge in [0.05, 0.1) is 10.0 Å². The van der Waals surface area contributed by atoms with Crippen LogP contribution in [0.15, 0.2) is 18.2 Å². The Hall–Kier alpha value is -0.570. The highest BCUT2D eigenvalue weighted by atomic mass is 35.5. The highest BCUT2D eigenvalue weighted by Gasteiger charge is 2.56. The van der Waals surface area contributed by atoms with Crippen molar-refractivity contribution in [1.29, 1.82) is 0 Å². The highest BCUT2D eigenvalue weighted by molar-refractivity contribution is 6.42. The van der Waals surface area contributed by atoms with Crippen LogP contribution in [0.1, 0.15) is 24.8 Å². The summed E-state index contributed by atoms with van der Waals surface area (Å²) in [7, 11) is 0. The Bertz CT molecular complexity index is 509. The summed E-state index contributed by atoms with van der Waals surface area (Å²) >= 11 is 12.1. The number of halogens is 2. The maximum Gasteiger partial charge on any atom is 0.140 e. The number of rotatable bonds is 3. The minimum atomic E-state index is 0.240. The Balaban J connectivity index is 1.68. The predicted octanol–water partition coefficient (Wildman–Crippen LogP) is 3.49. The molecule has 1 saturated heterocycles. The maximum atomic E-state index is 12.4. The van der Waals surface area contributed by atoms with Gasteiger partial charge in [-0.05, 0) is 49.4 Å². The molecule has 1 saturated carbocycles. The fourth-order valence-electron chi connectivity index (χ4n) is 3.28. The third-order valence-electron chi connectivity index (χ3n) is 4.57. The summed E-state index contributed by atoms with van der Waals surface area (Å²) in [5.41, 5.74) is 1.16. The Morgan fingerprint density at radius 3 is 2.79 bits per heavy atom. The van der Waals surface area contributed by atoms with Gasteiger partial charge in [-0.15, -0.1) is 0 Å². The number of carbonyl (C=O) groups excluding carboxylic acids is 1. The molecular weight excluding hydrogens is 281 g/mol. The van der Waals surface area contributed by atoms with Crippen molar-refractivity contribution in [2.75, 3.05) is 13.1 Å². The minimum absolute atomic E-state index is 0.240. The van der Waals surface area contributed by atoms with Gasteiger partial charge in [-0.2, -0.15) is 0 Å². The van der Waals surface area contributed by atoms with E-state index in [0.717, 1.165) is 37.9 Å². The minimum Gasteiger partial charge on any atom is -0.317 e. The van der Waals surface area contributed by atoms with Gasteiger partial charge in [0.1, 0.15) is 5.78 Å². The van der Waals surface area contributed by atoms with Crippen molar-refractivity contribution in [3.63, 3.8) is 0 Å². The Labute approximate surface area is 123 Å². The number of hydrogen-bond acceptors (Lipinski definition) is 2. The summed E-state index contributed by atoms with van der Waals surface area (Å²) in [4.78, 5) is 12.4. The van der Waals surface area contributed by atoms with Crippen LogP contribution < -0.4 is 5.32 Å². The topological polar surface area (TPSA) is 29.1 Å². The lowest BCUT2D eigenvalue weighted by Gasteiger charge is -2.23. The van der Waals surface area contributed by atoms with E-state index in [-0.39, 0.29) is 5.92 Å². The summed E-state index contributed by atoms with van der Waals surface area (Å²) in [5.74, 6) is 0.565. The summed E-state index contributed by atoms with van der Waals surface area (Å²) in [6, 6.07) is 5.50. The molecule has 2 nitrogen and oxygen atoms in total. The molecule has 0 bridgehead atoms. The SMILES string of the molecule is O=C(Cc1cccc(Cl)c1Cl)C1CC12CCNCC2. The zero-order chi connectivity index (χ0) is 13.5. The van der Waals surface area contributed by atoms with Gasteiger partial charge < -0.3 is 5.32 Å². The molecule has 1 heterocycles. The lowest BCUT2D eigenvalue weighted by Crippen LogP contribution is -2.31. The predicted molar refractivity (Wildman–Crippen MR) is 77.8 cm³/mol. The first kappa shape index (κ1) is 13.4. The first-order valence-electron chi connectivity index (χ1n) is 6.79. The monoisotopic (exact) mass is 297 g/mol. The van der Waals surface area contributed by atoms with Crippen LogP contribution in [0.25, 0.3) is 0 Å². The fraction of sp³-hybridized carbons (Fsp3) is 0.533. The number of piperidine rings is 1. The molecule has 4 heteroatoms. The molecule has 3 rings (SSSR count). The second-order valence-electron chi connectivity index (χ2n) is 5.73. The molecule has 1 atom stereocenters. The summed E-state index contributed by atoms with van der Waals surface area (Å²) in [6.07, 6.45) is 3.74. The van der Waals surface area contributed by atoms with E-state index in [0.29, 0.717) is 27.7 Å². The molecule has 0 radical (unpaired) electrons. The van der Waals surface area contributed by atoms with Crippen LogP contribution >= 0.6 is 23.2 Å². The molecule has 1 aromatic carbocycles. The van der Waals surface area contributed by atoms with Crippen LogP contribution in [0.4, 0.5) is 0 Å². The third-order valence-corrected chi connectivity index (χ3v) is 5.43. The van der Waals surface area contributed by atoms with Gasteiger partial charge in [0.15, 0.2) is 0 Å². The molecule has 1 N–H and O–H groups in total. The lowest BCUT2D eigenvalue weighted by molar-refractivity contribution is -0.120. The fourth-order valence-corrected chi connectivity index (χ4v) is 3.66. The van der Waals surface area contributed by atoms with Gasteiger partial charge in [-0.3, -0.25) is 4.79 Å². The molecule has 1 aromatic rings. The summed E-state index contributed by atoms with van der Waals surface area (Å²) in [5, 5.41) is 4.41. The number of benzene rings is 1. The molecule has 1 aliphatic carbocycles. The van der Waals surface area contributed by atoms with Crippen LogP contribution in [0.3, 0.4) is 0 Å². The van der Waals surface area contributed by atoms with Crippen molar-refractivity contribution in [1.82, 2.24) is 5.32 Å².